The number of nitrogens with zero attached hydrogens (tertiary/aromatic N) is 1. The van der Waals surface area contributed by atoms with Crippen LogP contribution in [0.3, 0.4) is 0 Å². The van der Waals surface area contributed by atoms with Crippen molar-refractivity contribution in [3.8, 4) is 0 Å². The molecule has 2 aromatic rings. The smallest absolute Gasteiger partial charge is 0.251 e. The Morgan fingerprint density at radius 1 is 1.15 bits per heavy atom. The molecule has 0 aliphatic carbocycles. The Labute approximate surface area is 240 Å². The van der Waals surface area contributed by atoms with Gasteiger partial charge in [-0.25, -0.2) is 0 Å². The normalized spacial score (nSPS) is 18.4. The first kappa shape index (κ1) is 31.7. The summed E-state index contributed by atoms with van der Waals surface area (Å²) in [5.74, 6) is 0.716. The van der Waals surface area contributed by atoms with Gasteiger partial charge in [0.2, 0.25) is 0 Å². The lowest BCUT2D eigenvalue weighted by Crippen LogP contribution is -2.49. The largest absolute Gasteiger partial charge is 0.390 e. The summed E-state index contributed by atoms with van der Waals surface area (Å²) in [6.45, 7) is 10.2. The number of amides is 1. The highest BCUT2D eigenvalue weighted by atomic mass is 32.3. The number of rotatable bonds is 15. The molecule has 0 bridgehead atoms. The van der Waals surface area contributed by atoms with Gasteiger partial charge >= 0.3 is 0 Å². The highest BCUT2D eigenvalue weighted by Crippen LogP contribution is 2.50. The van der Waals surface area contributed by atoms with E-state index in [4.69, 9.17) is 0 Å². The molecule has 2 heterocycles. The third-order valence-corrected chi connectivity index (χ3v) is 9.81. The van der Waals surface area contributed by atoms with E-state index in [0.29, 0.717) is 49.0 Å². The monoisotopic (exact) mass is 580 g/mol. The van der Waals surface area contributed by atoms with Gasteiger partial charge in [0, 0.05) is 36.9 Å². The summed E-state index contributed by atoms with van der Waals surface area (Å²) >= 11 is 1.59. The van der Waals surface area contributed by atoms with Crippen molar-refractivity contribution >= 4 is 39.4 Å². The number of aliphatic hydroxyl groups excluding tert-OH is 1. The van der Waals surface area contributed by atoms with Crippen LogP contribution in [0.5, 0.6) is 0 Å². The first-order chi connectivity index (χ1) is 18.6. The van der Waals surface area contributed by atoms with Crippen LogP contribution in [-0.4, -0.2) is 63.7 Å². The predicted molar refractivity (Wildman–Crippen MR) is 166 cm³/mol. The number of hydrogen-bond acceptors (Lipinski definition) is 8. The summed E-state index contributed by atoms with van der Waals surface area (Å²) in [6, 6.07) is 7.18. The molecule has 0 spiro atoms. The van der Waals surface area contributed by atoms with E-state index in [1.807, 2.05) is 29.8 Å². The summed E-state index contributed by atoms with van der Waals surface area (Å²) in [5.41, 5.74) is 2.85. The molecule has 6 N–H and O–H groups in total. The van der Waals surface area contributed by atoms with E-state index in [0.717, 1.165) is 36.9 Å². The topological polar surface area (TPSA) is 117 Å². The quantitative estimate of drug-likeness (QED) is 0.154. The fourth-order valence-electron chi connectivity index (χ4n) is 4.89. The summed E-state index contributed by atoms with van der Waals surface area (Å²) in [4.78, 5) is 13.6. The minimum Gasteiger partial charge on any atom is -0.390 e. The molecule has 1 aromatic heterocycles. The van der Waals surface area contributed by atoms with Crippen LogP contribution in [0.2, 0.25) is 0 Å². The second-order valence-corrected chi connectivity index (χ2v) is 14.0. The molecule has 8 nitrogen and oxygen atoms in total. The van der Waals surface area contributed by atoms with Crippen LogP contribution in [0, 0.1) is 5.92 Å². The lowest BCUT2D eigenvalue weighted by molar-refractivity contribution is 0.0825. The molecule has 0 radical (unpaired) electrons. The van der Waals surface area contributed by atoms with Gasteiger partial charge in [-0.15, -0.1) is 10.8 Å². The molecule has 1 aliphatic rings. The number of thiophene rings is 1. The Balaban J connectivity index is 1.75. The van der Waals surface area contributed by atoms with Gasteiger partial charge in [0.25, 0.3) is 5.91 Å². The van der Waals surface area contributed by atoms with Crippen LogP contribution in [0.4, 0.5) is 11.4 Å². The van der Waals surface area contributed by atoms with E-state index in [2.05, 4.69) is 36.7 Å². The maximum absolute atomic E-state index is 13.6. The number of aliphatic hydroxyl groups is 1. The number of hydrogen-bond donors (Lipinski definition) is 6. The average molecular weight is 581 g/mol. The molecule has 1 aliphatic heterocycles. The zero-order valence-corrected chi connectivity index (χ0v) is 25.5. The van der Waals surface area contributed by atoms with Crippen molar-refractivity contribution in [2.24, 2.45) is 5.92 Å². The van der Waals surface area contributed by atoms with E-state index >= 15 is 0 Å². The molecule has 0 saturated carbocycles. The summed E-state index contributed by atoms with van der Waals surface area (Å²) in [5, 5.41) is 25.0. The Bertz CT molecular complexity index is 1020. The average Bonchev–Trinajstić information content (AvgIpc) is 3.39. The zero-order chi connectivity index (χ0) is 28.4. The molecule has 220 valence electrons. The van der Waals surface area contributed by atoms with Gasteiger partial charge < -0.3 is 21.1 Å². The van der Waals surface area contributed by atoms with Crippen molar-refractivity contribution in [2.45, 2.75) is 84.4 Å². The Morgan fingerprint density at radius 3 is 2.62 bits per heavy atom. The molecule has 1 saturated heterocycles. The number of carbonyl (C=O) groups is 1. The lowest BCUT2D eigenvalue weighted by atomic mass is 10.0. The maximum Gasteiger partial charge on any atom is 0.251 e. The van der Waals surface area contributed by atoms with Crippen LogP contribution in [0.15, 0.2) is 35.0 Å². The van der Waals surface area contributed by atoms with Crippen molar-refractivity contribution in [3.63, 3.8) is 0 Å². The molecule has 1 aromatic carbocycles. The second kappa shape index (κ2) is 15.3. The van der Waals surface area contributed by atoms with E-state index in [9.17, 15) is 19.0 Å². The van der Waals surface area contributed by atoms with Gasteiger partial charge in [-0.1, -0.05) is 26.7 Å². The summed E-state index contributed by atoms with van der Waals surface area (Å²) < 4.78 is 23.0. The highest BCUT2D eigenvalue weighted by molar-refractivity contribution is 8.25. The molecule has 10 heteroatoms. The zero-order valence-electron chi connectivity index (χ0n) is 23.9. The lowest BCUT2D eigenvalue weighted by Gasteiger charge is -2.47. The fraction of sp³-hybridized carbons (Fsp3) is 0.621. The number of benzene rings is 1. The van der Waals surface area contributed by atoms with E-state index in [-0.39, 0.29) is 11.9 Å². The fourth-order valence-corrected chi connectivity index (χ4v) is 7.25. The van der Waals surface area contributed by atoms with Gasteiger partial charge in [-0.05, 0) is 86.0 Å². The van der Waals surface area contributed by atoms with Gasteiger partial charge in [0.1, 0.15) is 0 Å². The van der Waals surface area contributed by atoms with Gasteiger partial charge in [0.05, 0.1) is 23.6 Å². The molecule has 1 amide bonds. The van der Waals surface area contributed by atoms with Crippen molar-refractivity contribution in [2.75, 3.05) is 35.0 Å². The van der Waals surface area contributed by atoms with Gasteiger partial charge in [0.15, 0.2) is 0 Å². The minimum absolute atomic E-state index is 0.277. The van der Waals surface area contributed by atoms with Gasteiger partial charge in [-0.3, -0.25) is 18.2 Å². The van der Waals surface area contributed by atoms with Gasteiger partial charge in [-0.2, -0.15) is 11.3 Å². The first-order valence-electron chi connectivity index (χ1n) is 14.2. The molecule has 39 heavy (non-hydrogen) atoms. The highest BCUT2D eigenvalue weighted by Gasteiger charge is 2.29. The van der Waals surface area contributed by atoms with Crippen LogP contribution < -0.4 is 20.3 Å². The Hall–Kier alpha value is -1.82. The molecule has 1 unspecified atom stereocenters. The van der Waals surface area contributed by atoms with Crippen molar-refractivity contribution in [1.29, 1.82) is 0 Å². The second-order valence-electron chi connectivity index (χ2n) is 11.1. The van der Waals surface area contributed by atoms with E-state index < -0.39 is 22.9 Å². The SMILES string of the molecule is CCNc1cc(C(=O)N[C@@H](Cc2ccsc2)[C@H](O)CNC(C)CCCC(C)C)cc(N2CCCCS2(O)O)c1. The number of carbonyl (C=O) groups excluding carboxylic acids is 1. The molecule has 3 atom stereocenters. The first-order valence-corrected chi connectivity index (χ1v) is 16.9. The predicted octanol–water partition coefficient (Wildman–Crippen LogP) is 5.95. The van der Waals surface area contributed by atoms with E-state index in [1.54, 1.807) is 27.8 Å². The minimum atomic E-state index is -2.92. The molecule has 3 rings (SSSR count). The standard InChI is InChI=1S/C29H48N4O4S2/c1-5-30-25-16-24(17-26(18-25)33-12-6-7-14-39(33,36)37)29(35)32-27(15-23-11-13-38-20-23)28(34)19-31-22(4)10-8-9-21(2)3/h11,13,16-18,20-22,27-28,30-31,34,36-37H,5-10,12,14-15,19H2,1-4H3,(H,32,35)/t22?,27-,28+/m0/s1. The molecular weight excluding hydrogens is 532 g/mol. The van der Waals surface area contributed by atoms with E-state index in [1.165, 1.54) is 6.42 Å². The Kier molecular flexibility index (Phi) is 12.4. The summed E-state index contributed by atoms with van der Waals surface area (Å²) in [6.07, 6.45) is 4.75. The summed E-state index contributed by atoms with van der Waals surface area (Å²) in [7, 11) is -2.92. The van der Waals surface area contributed by atoms with Crippen LogP contribution >= 0.6 is 22.1 Å². The van der Waals surface area contributed by atoms with Crippen LogP contribution in [0.1, 0.15) is 75.7 Å². The Morgan fingerprint density at radius 2 is 1.95 bits per heavy atom. The third kappa shape index (κ3) is 9.95. The maximum atomic E-state index is 13.6. The molecule has 1 fully saturated rings. The van der Waals surface area contributed by atoms with Crippen LogP contribution in [-0.2, 0) is 6.42 Å². The van der Waals surface area contributed by atoms with Crippen molar-refractivity contribution in [3.05, 3.63) is 46.2 Å². The van der Waals surface area contributed by atoms with Crippen molar-refractivity contribution < 1.29 is 19.0 Å². The number of nitrogens with one attached hydrogen (secondary N) is 3. The van der Waals surface area contributed by atoms with Crippen LogP contribution in [0.25, 0.3) is 0 Å². The third-order valence-electron chi connectivity index (χ3n) is 7.14. The molecular formula is C29H48N4O4S2. The number of anilines is 2. The van der Waals surface area contributed by atoms with Crippen molar-refractivity contribution in [1.82, 2.24) is 10.6 Å².